The van der Waals surface area contributed by atoms with Crippen LogP contribution < -0.4 is 25.0 Å². The largest absolute Gasteiger partial charge is 0.497 e. The summed E-state index contributed by atoms with van der Waals surface area (Å²) in [5.41, 5.74) is 3.79. The van der Waals surface area contributed by atoms with Gasteiger partial charge in [0.1, 0.15) is 17.3 Å². The molecule has 2 aliphatic heterocycles. The summed E-state index contributed by atoms with van der Waals surface area (Å²) in [6, 6.07) is 14.5. The Morgan fingerprint density at radius 2 is 1.65 bits per heavy atom. The molecule has 8 nitrogen and oxygen atoms in total. The maximum atomic E-state index is 12.7. The van der Waals surface area contributed by atoms with E-state index in [9.17, 15) is 4.79 Å². The summed E-state index contributed by atoms with van der Waals surface area (Å²) in [4.78, 5) is 15.1. The van der Waals surface area contributed by atoms with E-state index < -0.39 is 0 Å². The number of aryl methyl sites for hydroxylation is 1. The molecule has 2 N–H and O–H groups in total. The molecule has 1 saturated heterocycles. The smallest absolute Gasteiger partial charge is 0.256 e. The van der Waals surface area contributed by atoms with Crippen LogP contribution in [0.2, 0.25) is 0 Å². The first-order valence-corrected chi connectivity index (χ1v) is 11.7. The van der Waals surface area contributed by atoms with Gasteiger partial charge in [0.2, 0.25) is 0 Å². The highest BCUT2D eigenvalue weighted by Crippen LogP contribution is 2.24. The minimum Gasteiger partial charge on any atom is -0.497 e. The zero-order valence-corrected chi connectivity index (χ0v) is 20.3. The predicted molar refractivity (Wildman–Crippen MR) is 136 cm³/mol. The molecule has 180 valence electrons. The number of carbonyl (C=O) groups excluding carboxylic acids is 1. The van der Waals surface area contributed by atoms with E-state index in [-0.39, 0.29) is 5.91 Å². The molecule has 1 amide bonds. The number of hydrogen-bond acceptors (Lipinski definition) is 7. The Labute approximate surface area is 201 Å². The molecule has 0 unspecified atom stereocenters. The molecule has 0 bridgehead atoms. The first-order chi connectivity index (χ1) is 16.4. The van der Waals surface area contributed by atoms with Crippen LogP contribution in [-0.4, -0.2) is 56.8 Å². The molecular weight excluding hydrogens is 430 g/mol. The molecule has 2 heterocycles. The summed E-state index contributed by atoms with van der Waals surface area (Å²) in [5, 5.41) is 14.9. The van der Waals surface area contributed by atoms with Crippen molar-refractivity contribution in [1.29, 1.82) is 0 Å². The molecule has 2 aromatic carbocycles. The van der Waals surface area contributed by atoms with Gasteiger partial charge in [-0.1, -0.05) is 0 Å². The van der Waals surface area contributed by atoms with Gasteiger partial charge in [-0.2, -0.15) is 5.10 Å². The number of piperazine rings is 1. The van der Waals surface area contributed by atoms with Crippen LogP contribution in [0.4, 0.5) is 5.69 Å². The number of amides is 1. The van der Waals surface area contributed by atoms with Crippen molar-refractivity contribution < 1.29 is 14.3 Å². The van der Waals surface area contributed by atoms with Crippen LogP contribution in [-0.2, 0) is 6.42 Å². The average molecular weight is 464 g/mol. The molecule has 0 saturated carbocycles. The van der Waals surface area contributed by atoms with Gasteiger partial charge in [-0.25, -0.2) is 0 Å². The Hall–Kier alpha value is -3.39. The lowest BCUT2D eigenvalue weighted by molar-refractivity contribution is 0.0976. The Morgan fingerprint density at radius 3 is 2.26 bits per heavy atom. The third-order valence-electron chi connectivity index (χ3n) is 6.11. The van der Waals surface area contributed by atoms with Crippen molar-refractivity contribution in [1.82, 2.24) is 10.6 Å². The van der Waals surface area contributed by atoms with Crippen molar-refractivity contribution in [2.24, 2.45) is 10.2 Å². The fourth-order valence-electron chi connectivity index (χ4n) is 4.47. The summed E-state index contributed by atoms with van der Waals surface area (Å²) in [7, 11) is 3.28. The highest BCUT2D eigenvalue weighted by Gasteiger charge is 2.21. The van der Waals surface area contributed by atoms with Crippen LogP contribution in [0.1, 0.15) is 42.6 Å². The van der Waals surface area contributed by atoms with Crippen LogP contribution in [0, 0.1) is 0 Å². The van der Waals surface area contributed by atoms with Gasteiger partial charge in [0, 0.05) is 54.6 Å². The quantitative estimate of drug-likeness (QED) is 0.657. The maximum absolute atomic E-state index is 12.7. The number of rotatable bonds is 7. The summed E-state index contributed by atoms with van der Waals surface area (Å²) in [6.07, 6.45) is 2.07. The minimum atomic E-state index is -0.165. The van der Waals surface area contributed by atoms with Crippen molar-refractivity contribution >= 4 is 23.1 Å². The van der Waals surface area contributed by atoms with E-state index >= 15 is 0 Å². The number of benzene rings is 2. The minimum absolute atomic E-state index is 0.165. The topological polar surface area (TPSA) is 87.6 Å². The van der Waals surface area contributed by atoms with Gasteiger partial charge in [0.15, 0.2) is 0 Å². The van der Waals surface area contributed by atoms with Gasteiger partial charge in [0.25, 0.3) is 5.91 Å². The maximum Gasteiger partial charge on any atom is 0.256 e. The van der Waals surface area contributed by atoms with Crippen LogP contribution in [0.25, 0.3) is 0 Å². The average Bonchev–Trinajstić information content (AvgIpc) is 3.29. The number of nitrogens with one attached hydrogen (secondary N) is 2. The fourth-order valence-corrected chi connectivity index (χ4v) is 4.47. The van der Waals surface area contributed by atoms with Crippen molar-refractivity contribution in [3.05, 3.63) is 53.6 Å². The molecule has 0 radical (unpaired) electrons. The Balaban J connectivity index is 1.27. The number of methoxy groups -OCH3 is 2. The van der Waals surface area contributed by atoms with E-state index in [1.165, 1.54) is 0 Å². The third-order valence-corrected chi connectivity index (χ3v) is 6.11. The number of anilines is 1. The molecule has 0 spiro atoms. The zero-order chi connectivity index (χ0) is 24.1. The van der Waals surface area contributed by atoms with Crippen LogP contribution in [0.15, 0.2) is 52.7 Å². The Kier molecular flexibility index (Phi) is 7.47. The summed E-state index contributed by atoms with van der Waals surface area (Å²) in [5.74, 6) is 1.94. The molecule has 2 aromatic rings. The molecule has 0 aromatic heterocycles. The van der Waals surface area contributed by atoms with Crippen molar-refractivity contribution in [3.63, 3.8) is 0 Å². The second-order valence-corrected chi connectivity index (χ2v) is 8.99. The molecule has 2 atom stereocenters. The first-order valence-electron chi connectivity index (χ1n) is 11.7. The van der Waals surface area contributed by atoms with Gasteiger partial charge >= 0.3 is 0 Å². The second kappa shape index (κ2) is 10.7. The number of carbonyl (C=O) groups is 1. The number of ether oxygens (including phenoxy) is 2. The molecule has 0 aliphatic carbocycles. The van der Waals surface area contributed by atoms with Crippen molar-refractivity contribution in [2.45, 2.75) is 45.2 Å². The second-order valence-electron chi connectivity index (χ2n) is 8.99. The van der Waals surface area contributed by atoms with Gasteiger partial charge in [-0.05, 0) is 68.7 Å². The van der Waals surface area contributed by atoms with Crippen LogP contribution in [0.5, 0.6) is 11.5 Å². The highest BCUT2D eigenvalue weighted by molar-refractivity contribution is 6.14. The Bertz CT molecular complexity index is 1050. The van der Waals surface area contributed by atoms with E-state index in [2.05, 4.69) is 39.6 Å². The van der Waals surface area contributed by atoms with E-state index in [1.807, 2.05) is 42.5 Å². The van der Waals surface area contributed by atoms with Gasteiger partial charge < -0.3 is 25.0 Å². The zero-order valence-electron chi connectivity index (χ0n) is 20.3. The van der Waals surface area contributed by atoms with E-state index in [0.717, 1.165) is 54.4 Å². The Morgan fingerprint density at radius 1 is 1.00 bits per heavy atom. The summed E-state index contributed by atoms with van der Waals surface area (Å²) >= 11 is 0. The third kappa shape index (κ3) is 5.94. The fraction of sp³-hybridized carbons (Fsp3) is 0.423. The van der Waals surface area contributed by atoms with Crippen molar-refractivity contribution in [2.75, 3.05) is 32.2 Å². The number of hydrogen-bond donors (Lipinski definition) is 2. The summed E-state index contributed by atoms with van der Waals surface area (Å²) < 4.78 is 10.7. The number of nitrogens with zero attached hydrogens (tertiary/aromatic N) is 3. The van der Waals surface area contributed by atoms with E-state index in [4.69, 9.17) is 9.47 Å². The lowest BCUT2D eigenvalue weighted by Crippen LogP contribution is -2.54. The van der Waals surface area contributed by atoms with E-state index in [0.29, 0.717) is 29.9 Å². The van der Waals surface area contributed by atoms with E-state index in [1.54, 1.807) is 14.2 Å². The molecule has 1 fully saturated rings. The highest BCUT2D eigenvalue weighted by atomic mass is 16.5. The molecule has 34 heavy (non-hydrogen) atoms. The molecule has 4 rings (SSSR count). The van der Waals surface area contributed by atoms with Gasteiger partial charge in [-0.15, -0.1) is 5.10 Å². The van der Waals surface area contributed by atoms with Crippen LogP contribution >= 0.6 is 0 Å². The standard InChI is InChI=1S/C26H33N5O3/c1-17-15-31(16-18(2)27-17)22-9-6-20(7-10-22)26(32)28-25-13-21(29-30-25)8-5-19-11-23(33-3)14-24(12-19)34-4/h6-7,9-12,14,17-18,27H,5,8,13,15-16H2,1-4H3,(H,28,30,32)/t17-,18+. The normalized spacial score (nSPS) is 19.9. The van der Waals surface area contributed by atoms with Gasteiger partial charge in [0.05, 0.1) is 14.2 Å². The lowest BCUT2D eigenvalue weighted by Gasteiger charge is -2.37. The molecular formula is C26H33N5O3. The summed E-state index contributed by atoms with van der Waals surface area (Å²) in [6.45, 7) is 6.29. The predicted octanol–water partition coefficient (Wildman–Crippen LogP) is 3.41. The molecule has 2 aliphatic rings. The number of amidine groups is 1. The van der Waals surface area contributed by atoms with Crippen LogP contribution in [0.3, 0.4) is 0 Å². The van der Waals surface area contributed by atoms with Crippen molar-refractivity contribution in [3.8, 4) is 11.5 Å². The SMILES string of the molecule is COc1cc(CCC2=NN=C(NC(=O)c3ccc(N4C[C@@H](C)N[C@@H](C)C4)cc3)C2)cc(OC)c1. The lowest BCUT2D eigenvalue weighted by atomic mass is 10.0. The monoisotopic (exact) mass is 463 g/mol. The van der Waals surface area contributed by atoms with Gasteiger partial charge in [-0.3, -0.25) is 4.79 Å². The first kappa shape index (κ1) is 23.8. The molecule has 8 heteroatoms.